The van der Waals surface area contributed by atoms with Crippen molar-refractivity contribution < 1.29 is 18.1 Å². The van der Waals surface area contributed by atoms with Gasteiger partial charge in [-0.25, -0.2) is 13.1 Å². The lowest BCUT2D eigenvalue weighted by molar-refractivity contribution is -0.385. The second kappa shape index (κ2) is 8.13. The zero-order chi connectivity index (χ0) is 15.3. The molecule has 0 aliphatic carbocycles. The molecule has 0 aliphatic heterocycles. The van der Waals surface area contributed by atoms with Gasteiger partial charge < -0.3 is 10.5 Å². The van der Waals surface area contributed by atoms with Gasteiger partial charge in [0.05, 0.1) is 16.9 Å². The largest absolute Gasteiger partial charge is 0.490 e. The predicted octanol–water partition coefficient (Wildman–Crippen LogP) is 1.04. The lowest BCUT2D eigenvalue weighted by Crippen LogP contribution is -2.29. The molecule has 1 atom stereocenters. The highest BCUT2D eigenvalue weighted by Crippen LogP contribution is 2.29. The topological polar surface area (TPSA) is 125 Å². The van der Waals surface area contributed by atoms with Gasteiger partial charge in [0.1, 0.15) is 0 Å². The molecule has 10 heteroatoms. The molecule has 0 saturated heterocycles. The highest BCUT2D eigenvalue weighted by atomic mass is 35.5. The molecule has 0 aromatic heterocycles. The van der Waals surface area contributed by atoms with Crippen LogP contribution in [0.25, 0.3) is 0 Å². The first kappa shape index (κ1) is 19.6. The highest BCUT2D eigenvalue weighted by molar-refractivity contribution is 7.89. The van der Waals surface area contributed by atoms with Gasteiger partial charge in [0.25, 0.3) is 0 Å². The van der Waals surface area contributed by atoms with Crippen LogP contribution in [0.4, 0.5) is 5.69 Å². The number of hydrogen-bond donors (Lipinski definition) is 2. The molecule has 0 bridgehead atoms. The number of nitrogens with zero attached hydrogens (tertiary/aromatic N) is 1. The number of sulfonamides is 1. The van der Waals surface area contributed by atoms with Crippen molar-refractivity contribution in [3.63, 3.8) is 0 Å². The SMILES string of the molecule is COc1cc(S(=O)(=O)NCCC(C)N)ccc1[N+](=O)[O-].Cl. The van der Waals surface area contributed by atoms with Gasteiger partial charge >= 0.3 is 5.69 Å². The summed E-state index contributed by atoms with van der Waals surface area (Å²) in [6.07, 6.45) is 0.489. The van der Waals surface area contributed by atoms with E-state index in [1.165, 1.54) is 7.11 Å². The summed E-state index contributed by atoms with van der Waals surface area (Å²) in [6.45, 7) is 1.96. The van der Waals surface area contributed by atoms with Crippen LogP contribution in [-0.4, -0.2) is 33.0 Å². The number of nitro groups is 1. The lowest BCUT2D eigenvalue weighted by atomic mass is 10.3. The fourth-order valence-electron chi connectivity index (χ4n) is 1.48. The van der Waals surface area contributed by atoms with Gasteiger partial charge in [-0.2, -0.15) is 0 Å². The summed E-state index contributed by atoms with van der Waals surface area (Å²) in [4.78, 5) is 10.0. The Morgan fingerprint density at radius 3 is 2.57 bits per heavy atom. The third kappa shape index (κ3) is 5.46. The van der Waals surface area contributed by atoms with Gasteiger partial charge in [-0.15, -0.1) is 12.4 Å². The maximum absolute atomic E-state index is 12.0. The van der Waals surface area contributed by atoms with Gasteiger partial charge in [-0.05, 0) is 19.4 Å². The van der Waals surface area contributed by atoms with Crippen LogP contribution in [-0.2, 0) is 10.0 Å². The number of nitrogens with one attached hydrogen (secondary N) is 1. The van der Waals surface area contributed by atoms with Crippen molar-refractivity contribution in [2.24, 2.45) is 5.73 Å². The number of ether oxygens (including phenoxy) is 1. The standard InChI is InChI=1S/C11H17N3O5S.ClH/c1-8(12)5-6-13-20(17,18)9-3-4-10(14(15)16)11(7-9)19-2;/h3-4,7-8,13H,5-6,12H2,1-2H3;1H. The molecule has 1 aromatic carbocycles. The van der Waals surface area contributed by atoms with Gasteiger partial charge in [0.15, 0.2) is 5.75 Å². The van der Waals surface area contributed by atoms with Crippen molar-refractivity contribution in [3.05, 3.63) is 28.3 Å². The predicted molar refractivity (Wildman–Crippen MR) is 80.4 cm³/mol. The summed E-state index contributed by atoms with van der Waals surface area (Å²) in [5, 5.41) is 10.7. The molecule has 0 spiro atoms. The summed E-state index contributed by atoms with van der Waals surface area (Å²) in [5.41, 5.74) is 5.24. The summed E-state index contributed by atoms with van der Waals surface area (Å²) in [7, 11) is -2.50. The Balaban J connectivity index is 0.00000400. The van der Waals surface area contributed by atoms with E-state index in [9.17, 15) is 18.5 Å². The summed E-state index contributed by atoms with van der Waals surface area (Å²) < 4.78 is 31.2. The average molecular weight is 340 g/mol. The highest BCUT2D eigenvalue weighted by Gasteiger charge is 2.20. The van der Waals surface area contributed by atoms with Crippen LogP contribution in [0.1, 0.15) is 13.3 Å². The third-order valence-electron chi connectivity index (χ3n) is 2.55. The number of methoxy groups -OCH3 is 1. The molecule has 3 N–H and O–H groups in total. The van der Waals surface area contributed by atoms with E-state index in [0.29, 0.717) is 6.42 Å². The maximum Gasteiger partial charge on any atom is 0.310 e. The molecule has 0 saturated carbocycles. The molecule has 0 heterocycles. The van der Waals surface area contributed by atoms with Gasteiger partial charge in [-0.3, -0.25) is 10.1 Å². The smallest absolute Gasteiger partial charge is 0.310 e. The van der Waals surface area contributed by atoms with Crippen LogP contribution in [0.2, 0.25) is 0 Å². The van der Waals surface area contributed by atoms with Crippen LogP contribution >= 0.6 is 12.4 Å². The molecule has 1 rings (SSSR count). The Bertz CT molecular complexity index is 592. The van der Waals surface area contributed by atoms with Crippen LogP contribution in [0.5, 0.6) is 5.75 Å². The van der Waals surface area contributed by atoms with Gasteiger partial charge in [-0.1, -0.05) is 0 Å². The van der Waals surface area contributed by atoms with Crippen LogP contribution in [0.15, 0.2) is 23.1 Å². The van der Waals surface area contributed by atoms with E-state index in [0.717, 1.165) is 18.2 Å². The molecular weight excluding hydrogens is 322 g/mol. The zero-order valence-corrected chi connectivity index (χ0v) is 13.2. The van der Waals surface area contributed by atoms with E-state index in [-0.39, 0.29) is 41.3 Å². The van der Waals surface area contributed by atoms with E-state index in [4.69, 9.17) is 10.5 Å². The molecule has 0 aliphatic rings. The van der Waals surface area contributed by atoms with Crippen molar-refractivity contribution in [2.45, 2.75) is 24.3 Å². The zero-order valence-electron chi connectivity index (χ0n) is 11.6. The van der Waals surface area contributed by atoms with Crippen molar-refractivity contribution in [1.82, 2.24) is 4.72 Å². The minimum Gasteiger partial charge on any atom is -0.490 e. The van der Waals surface area contributed by atoms with Crippen LogP contribution in [0.3, 0.4) is 0 Å². The first-order chi connectivity index (χ1) is 9.27. The number of nitrogens with two attached hydrogens (primary N) is 1. The van der Waals surface area contributed by atoms with Gasteiger partial charge in [0.2, 0.25) is 10.0 Å². The molecule has 8 nitrogen and oxygen atoms in total. The molecule has 0 fully saturated rings. The second-order valence-corrected chi connectivity index (χ2v) is 6.02. The Hall–Kier alpha value is -1.42. The average Bonchev–Trinajstić information content (AvgIpc) is 2.37. The Kier molecular flexibility index (Phi) is 7.58. The number of benzene rings is 1. The lowest BCUT2D eigenvalue weighted by Gasteiger charge is -2.09. The van der Waals surface area contributed by atoms with E-state index in [2.05, 4.69) is 4.72 Å². The molecule has 120 valence electrons. The fraction of sp³-hybridized carbons (Fsp3) is 0.455. The minimum atomic E-state index is -3.74. The Morgan fingerprint density at radius 2 is 2.10 bits per heavy atom. The normalized spacial score (nSPS) is 12.3. The number of hydrogen-bond acceptors (Lipinski definition) is 6. The van der Waals surface area contributed by atoms with Crippen LogP contribution < -0.4 is 15.2 Å². The molecule has 0 amide bonds. The van der Waals surface area contributed by atoms with E-state index >= 15 is 0 Å². The monoisotopic (exact) mass is 339 g/mol. The summed E-state index contributed by atoms with van der Waals surface area (Å²) >= 11 is 0. The Labute approximate surface area is 129 Å². The van der Waals surface area contributed by atoms with Crippen molar-refractivity contribution in [1.29, 1.82) is 0 Å². The second-order valence-electron chi connectivity index (χ2n) is 4.25. The Morgan fingerprint density at radius 1 is 1.48 bits per heavy atom. The quantitative estimate of drug-likeness (QED) is 0.565. The third-order valence-corrected chi connectivity index (χ3v) is 4.01. The van der Waals surface area contributed by atoms with Crippen molar-refractivity contribution in [3.8, 4) is 5.75 Å². The summed E-state index contributed by atoms with van der Waals surface area (Å²) in [6, 6.07) is 3.25. The number of nitro benzene ring substituents is 1. The van der Waals surface area contributed by atoms with Gasteiger partial charge in [0, 0.05) is 24.7 Å². The molecule has 21 heavy (non-hydrogen) atoms. The number of rotatable bonds is 7. The summed E-state index contributed by atoms with van der Waals surface area (Å²) in [5.74, 6) is -0.106. The molecular formula is C11H18ClN3O5S. The fourth-order valence-corrected chi connectivity index (χ4v) is 2.54. The van der Waals surface area contributed by atoms with E-state index in [1.54, 1.807) is 6.92 Å². The molecule has 1 aromatic rings. The minimum absolute atomic E-state index is 0. The number of halogens is 1. The van der Waals surface area contributed by atoms with Crippen LogP contribution in [0, 0.1) is 10.1 Å². The van der Waals surface area contributed by atoms with E-state index in [1.807, 2.05) is 0 Å². The first-order valence-corrected chi connectivity index (χ1v) is 7.34. The molecule has 1 unspecified atom stereocenters. The van der Waals surface area contributed by atoms with E-state index < -0.39 is 14.9 Å². The van der Waals surface area contributed by atoms with Crippen molar-refractivity contribution >= 4 is 28.1 Å². The maximum atomic E-state index is 12.0. The molecule has 0 radical (unpaired) electrons. The first-order valence-electron chi connectivity index (χ1n) is 5.85. The van der Waals surface area contributed by atoms with Crippen molar-refractivity contribution in [2.75, 3.05) is 13.7 Å².